The van der Waals surface area contributed by atoms with Crippen molar-refractivity contribution < 1.29 is 14.0 Å². The molecule has 1 unspecified atom stereocenters. The van der Waals surface area contributed by atoms with Gasteiger partial charge in [0.15, 0.2) is 0 Å². The first-order valence-corrected chi connectivity index (χ1v) is 9.30. The highest BCUT2D eigenvalue weighted by Crippen LogP contribution is 2.35. The second-order valence-electron chi connectivity index (χ2n) is 7.22. The monoisotopic (exact) mass is 348 g/mol. The van der Waals surface area contributed by atoms with Crippen molar-refractivity contribution in [3.8, 4) is 0 Å². The van der Waals surface area contributed by atoms with Crippen LogP contribution in [0.5, 0.6) is 0 Å². The van der Waals surface area contributed by atoms with E-state index in [9.17, 15) is 14.0 Å². The molecule has 1 aliphatic carbocycles. The molecule has 0 saturated heterocycles. The number of amides is 2. The quantitative estimate of drug-likeness (QED) is 0.749. The number of hydrogen-bond acceptors (Lipinski definition) is 2. The third-order valence-corrected chi connectivity index (χ3v) is 4.67. The molecule has 0 aliphatic heterocycles. The Morgan fingerprint density at radius 3 is 2.16 bits per heavy atom. The van der Waals surface area contributed by atoms with E-state index in [-0.39, 0.29) is 29.7 Å². The van der Waals surface area contributed by atoms with Gasteiger partial charge in [-0.25, -0.2) is 4.39 Å². The Hall–Kier alpha value is -1.91. The normalized spacial score (nSPS) is 16.0. The van der Waals surface area contributed by atoms with Crippen LogP contribution in [0.25, 0.3) is 0 Å². The van der Waals surface area contributed by atoms with Crippen molar-refractivity contribution in [3.05, 3.63) is 35.6 Å². The predicted octanol–water partition coefficient (Wildman–Crippen LogP) is 3.87. The number of hydrogen-bond donors (Lipinski definition) is 2. The Morgan fingerprint density at radius 1 is 1.04 bits per heavy atom. The lowest BCUT2D eigenvalue weighted by molar-refractivity contribution is -0.123. The maximum atomic E-state index is 13.2. The van der Waals surface area contributed by atoms with Gasteiger partial charge in [0.05, 0.1) is 6.04 Å². The number of rotatable bonds is 8. The van der Waals surface area contributed by atoms with E-state index >= 15 is 0 Å². The van der Waals surface area contributed by atoms with Gasteiger partial charge in [0, 0.05) is 18.9 Å². The fraction of sp³-hybridized carbons (Fsp3) is 0.600. The van der Waals surface area contributed by atoms with E-state index in [1.54, 1.807) is 12.1 Å². The fourth-order valence-electron chi connectivity index (χ4n) is 3.48. The molecule has 25 heavy (non-hydrogen) atoms. The lowest BCUT2D eigenvalue weighted by atomic mass is 9.91. The molecule has 0 aromatic heterocycles. The summed E-state index contributed by atoms with van der Waals surface area (Å²) in [6, 6.07) is 6.45. The lowest BCUT2D eigenvalue weighted by Crippen LogP contribution is -2.33. The summed E-state index contributed by atoms with van der Waals surface area (Å²) in [6.07, 6.45) is 5.73. The third kappa shape index (κ3) is 6.48. The molecule has 5 heteroatoms. The van der Waals surface area contributed by atoms with Gasteiger partial charge in [-0.2, -0.15) is 0 Å². The molecule has 1 atom stereocenters. The van der Waals surface area contributed by atoms with E-state index in [0.29, 0.717) is 25.2 Å². The fourth-order valence-corrected chi connectivity index (χ4v) is 3.48. The molecular formula is C20H29FN2O2. The topological polar surface area (TPSA) is 58.2 Å². The van der Waals surface area contributed by atoms with E-state index in [4.69, 9.17) is 0 Å². The maximum absolute atomic E-state index is 13.2. The van der Waals surface area contributed by atoms with Gasteiger partial charge in [0.1, 0.15) is 5.82 Å². The molecule has 2 rings (SSSR count). The lowest BCUT2D eigenvalue weighted by Gasteiger charge is -2.25. The minimum atomic E-state index is -0.267. The zero-order chi connectivity index (χ0) is 18.2. The Kier molecular flexibility index (Phi) is 7.41. The molecule has 1 aromatic rings. The van der Waals surface area contributed by atoms with Gasteiger partial charge < -0.3 is 10.6 Å². The van der Waals surface area contributed by atoms with Crippen LogP contribution < -0.4 is 10.6 Å². The first-order chi connectivity index (χ1) is 12.0. The molecule has 4 nitrogen and oxygen atoms in total. The molecule has 0 heterocycles. The number of carbonyl (C=O) groups is 2. The highest BCUT2D eigenvalue weighted by Gasteiger charge is 2.27. The summed E-state index contributed by atoms with van der Waals surface area (Å²) in [5.41, 5.74) is 0.958. The number of carbonyl (C=O) groups excluding carboxylic acids is 2. The smallest absolute Gasteiger partial charge is 0.220 e. The summed E-state index contributed by atoms with van der Waals surface area (Å²) >= 11 is 0. The first kappa shape index (κ1) is 19.4. The van der Waals surface area contributed by atoms with Gasteiger partial charge in [-0.05, 0) is 56.7 Å². The zero-order valence-corrected chi connectivity index (χ0v) is 15.2. The Morgan fingerprint density at radius 2 is 1.60 bits per heavy atom. The summed E-state index contributed by atoms with van der Waals surface area (Å²) in [5, 5.41) is 5.94. The predicted molar refractivity (Wildman–Crippen MR) is 96.4 cm³/mol. The van der Waals surface area contributed by atoms with E-state index in [1.807, 2.05) is 13.8 Å². The van der Waals surface area contributed by atoms with Gasteiger partial charge in [-0.3, -0.25) is 9.59 Å². The molecule has 2 amide bonds. The summed E-state index contributed by atoms with van der Waals surface area (Å²) in [7, 11) is 0. The minimum Gasteiger partial charge on any atom is -0.354 e. The van der Waals surface area contributed by atoms with Crippen LogP contribution in [0.3, 0.4) is 0 Å². The summed E-state index contributed by atoms with van der Waals surface area (Å²) < 4.78 is 13.2. The molecule has 1 fully saturated rings. The number of halogens is 1. The van der Waals surface area contributed by atoms with Crippen molar-refractivity contribution in [2.45, 2.75) is 70.9 Å². The summed E-state index contributed by atoms with van der Waals surface area (Å²) in [4.78, 5) is 24.0. The van der Waals surface area contributed by atoms with Crippen LogP contribution in [0.1, 0.15) is 70.4 Å². The largest absolute Gasteiger partial charge is 0.354 e. The van der Waals surface area contributed by atoms with Crippen LogP contribution in [0.4, 0.5) is 4.39 Å². The average Bonchev–Trinajstić information content (AvgIpc) is 3.07. The molecule has 138 valence electrons. The molecule has 2 N–H and O–H groups in total. The van der Waals surface area contributed by atoms with Crippen molar-refractivity contribution in [1.82, 2.24) is 10.6 Å². The van der Waals surface area contributed by atoms with Crippen molar-refractivity contribution in [2.75, 3.05) is 0 Å². The Labute approximate surface area is 149 Å². The van der Waals surface area contributed by atoms with Crippen LogP contribution in [0, 0.1) is 11.7 Å². The van der Waals surface area contributed by atoms with Gasteiger partial charge in [0.25, 0.3) is 0 Å². The van der Waals surface area contributed by atoms with E-state index in [0.717, 1.165) is 18.4 Å². The number of nitrogens with one attached hydrogen (secondary N) is 2. The highest BCUT2D eigenvalue weighted by atomic mass is 19.1. The SMILES string of the molecule is CC(C)NC(=O)CCCC(=O)NC(c1ccc(F)cc1)C1CCCC1. The van der Waals surface area contributed by atoms with Crippen molar-refractivity contribution in [3.63, 3.8) is 0 Å². The summed E-state index contributed by atoms with van der Waals surface area (Å²) in [5.74, 6) is 0.0716. The van der Waals surface area contributed by atoms with Crippen LogP contribution in [-0.2, 0) is 9.59 Å². The molecule has 0 radical (unpaired) electrons. The van der Waals surface area contributed by atoms with Gasteiger partial charge in [0.2, 0.25) is 11.8 Å². The van der Waals surface area contributed by atoms with E-state index in [1.165, 1.54) is 25.0 Å². The van der Waals surface area contributed by atoms with E-state index in [2.05, 4.69) is 10.6 Å². The first-order valence-electron chi connectivity index (χ1n) is 9.30. The summed E-state index contributed by atoms with van der Waals surface area (Å²) in [6.45, 7) is 3.83. The van der Waals surface area contributed by atoms with Crippen molar-refractivity contribution in [1.29, 1.82) is 0 Å². The average molecular weight is 348 g/mol. The standard InChI is InChI=1S/C20H29FN2O2/c1-14(2)22-18(24)8-5-9-19(25)23-20(15-6-3-4-7-15)16-10-12-17(21)13-11-16/h10-15,20H,3-9H2,1-2H3,(H,22,24)(H,23,25). The van der Waals surface area contributed by atoms with Gasteiger partial charge in [-0.15, -0.1) is 0 Å². The molecule has 1 aliphatic rings. The molecule has 0 bridgehead atoms. The molecule has 1 aromatic carbocycles. The number of benzene rings is 1. The molecule has 1 saturated carbocycles. The Bertz CT molecular complexity index is 566. The third-order valence-electron chi connectivity index (χ3n) is 4.67. The van der Waals surface area contributed by atoms with Crippen LogP contribution in [0.2, 0.25) is 0 Å². The maximum Gasteiger partial charge on any atom is 0.220 e. The molecule has 0 spiro atoms. The van der Waals surface area contributed by atoms with Crippen molar-refractivity contribution >= 4 is 11.8 Å². The van der Waals surface area contributed by atoms with Crippen LogP contribution in [0.15, 0.2) is 24.3 Å². The van der Waals surface area contributed by atoms with Gasteiger partial charge >= 0.3 is 0 Å². The zero-order valence-electron chi connectivity index (χ0n) is 15.2. The van der Waals surface area contributed by atoms with E-state index < -0.39 is 0 Å². The molecular weight excluding hydrogens is 319 g/mol. The minimum absolute atomic E-state index is 0.0197. The highest BCUT2D eigenvalue weighted by molar-refractivity contribution is 5.79. The van der Waals surface area contributed by atoms with Gasteiger partial charge in [-0.1, -0.05) is 25.0 Å². The Balaban J connectivity index is 1.89. The second-order valence-corrected chi connectivity index (χ2v) is 7.22. The van der Waals surface area contributed by atoms with Crippen LogP contribution in [-0.4, -0.2) is 17.9 Å². The second kappa shape index (κ2) is 9.54. The van der Waals surface area contributed by atoms with Crippen molar-refractivity contribution in [2.24, 2.45) is 5.92 Å². The van der Waals surface area contributed by atoms with Crippen LogP contribution >= 0.6 is 0 Å².